The maximum Gasteiger partial charge on any atom is 0.257 e. The molecule has 7 nitrogen and oxygen atoms in total. The number of nitrogens with zero attached hydrogens (tertiary/aromatic N) is 2. The van der Waals surface area contributed by atoms with Gasteiger partial charge >= 0.3 is 0 Å². The monoisotopic (exact) mass is 333 g/mol. The molecular formula is C17H23N3O4. The van der Waals surface area contributed by atoms with E-state index in [9.17, 15) is 14.7 Å². The quantitative estimate of drug-likeness (QED) is 0.823. The van der Waals surface area contributed by atoms with Crippen LogP contribution in [-0.2, 0) is 9.53 Å². The predicted molar refractivity (Wildman–Crippen MR) is 87.5 cm³/mol. The highest BCUT2D eigenvalue weighted by Crippen LogP contribution is 2.22. The third-order valence-corrected chi connectivity index (χ3v) is 4.66. The van der Waals surface area contributed by atoms with E-state index in [2.05, 4.69) is 0 Å². The lowest BCUT2D eigenvalue weighted by atomic mass is 10.1. The molecule has 0 unspecified atom stereocenters. The van der Waals surface area contributed by atoms with E-state index < -0.39 is 6.10 Å². The molecule has 2 saturated heterocycles. The number of carbonyl (C=O) groups excluding carboxylic acids is 2. The number of phenols is 1. The Balaban J connectivity index is 1.55. The van der Waals surface area contributed by atoms with Gasteiger partial charge < -0.3 is 25.4 Å². The van der Waals surface area contributed by atoms with E-state index in [1.807, 2.05) is 0 Å². The molecule has 2 atom stereocenters. The smallest absolute Gasteiger partial charge is 0.257 e. The van der Waals surface area contributed by atoms with E-state index in [-0.39, 0.29) is 23.7 Å². The highest BCUT2D eigenvalue weighted by molar-refractivity contribution is 5.97. The third kappa shape index (κ3) is 3.37. The van der Waals surface area contributed by atoms with Crippen molar-refractivity contribution in [3.63, 3.8) is 0 Å². The Morgan fingerprint density at radius 1 is 1.12 bits per heavy atom. The summed E-state index contributed by atoms with van der Waals surface area (Å²) in [5, 5.41) is 9.80. The second-order valence-electron chi connectivity index (χ2n) is 6.19. The standard InChI is InChI=1S/C17H23N3O4/c18-11-12-5-6-15(24-12)17(23)20-9-7-19(8-10-20)16(22)13-3-1-2-4-14(13)21/h1-4,12,15,21H,5-11,18H2/t12-,15+/m1/s1. The number of rotatable bonds is 3. The molecule has 1 aromatic carbocycles. The molecule has 0 spiro atoms. The number of hydrogen-bond acceptors (Lipinski definition) is 5. The second kappa shape index (κ2) is 7.19. The summed E-state index contributed by atoms with van der Waals surface area (Å²) in [5.41, 5.74) is 5.87. The number of piperazine rings is 1. The molecule has 2 fully saturated rings. The van der Waals surface area contributed by atoms with Crippen molar-refractivity contribution in [1.29, 1.82) is 0 Å². The van der Waals surface area contributed by atoms with Gasteiger partial charge in [0.1, 0.15) is 11.9 Å². The number of phenolic OH excluding ortho intramolecular Hbond substituents is 1. The average Bonchev–Trinajstić information content (AvgIpc) is 3.10. The molecule has 2 aliphatic heterocycles. The summed E-state index contributed by atoms with van der Waals surface area (Å²) < 4.78 is 5.66. The minimum atomic E-state index is -0.404. The maximum atomic E-state index is 12.5. The Hall–Kier alpha value is -2.12. The van der Waals surface area contributed by atoms with Crippen LogP contribution >= 0.6 is 0 Å². The molecule has 3 N–H and O–H groups in total. The Morgan fingerprint density at radius 3 is 2.42 bits per heavy atom. The molecule has 0 aliphatic carbocycles. The van der Waals surface area contributed by atoms with Gasteiger partial charge in [-0.2, -0.15) is 0 Å². The van der Waals surface area contributed by atoms with Crippen molar-refractivity contribution in [2.75, 3.05) is 32.7 Å². The van der Waals surface area contributed by atoms with Crippen molar-refractivity contribution in [3.05, 3.63) is 29.8 Å². The van der Waals surface area contributed by atoms with Crippen LogP contribution in [0.1, 0.15) is 23.2 Å². The number of para-hydroxylation sites is 1. The summed E-state index contributed by atoms with van der Waals surface area (Å²) in [6.45, 7) is 2.29. The minimum Gasteiger partial charge on any atom is -0.507 e. The van der Waals surface area contributed by atoms with Crippen molar-refractivity contribution in [2.45, 2.75) is 25.0 Å². The lowest BCUT2D eigenvalue weighted by Gasteiger charge is -2.36. The molecule has 0 aromatic heterocycles. The van der Waals surface area contributed by atoms with Gasteiger partial charge in [-0.3, -0.25) is 9.59 Å². The zero-order valence-corrected chi connectivity index (χ0v) is 13.6. The van der Waals surface area contributed by atoms with Crippen LogP contribution in [0, 0.1) is 0 Å². The Bertz CT molecular complexity index is 614. The molecule has 0 saturated carbocycles. The highest BCUT2D eigenvalue weighted by Gasteiger charge is 2.34. The van der Waals surface area contributed by atoms with Gasteiger partial charge in [-0.05, 0) is 25.0 Å². The summed E-state index contributed by atoms with van der Waals surface area (Å²) in [5.74, 6) is -0.241. The largest absolute Gasteiger partial charge is 0.507 e. The molecule has 130 valence electrons. The van der Waals surface area contributed by atoms with Crippen molar-refractivity contribution in [2.24, 2.45) is 5.73 Å². The molecule has 2 heterocycles. The van der Waals surface area contributed by atoms with Gasteiger partial charge in [0.25, 0.3) is 11.8 Å². The van der Waals surface area contributed by atoms with E-state index in [1.54, 1.807) is 28.0 Å². The van der Waals surface area contributed by atoms with Crippen LogP contribution in [0.3, 0.4) is 0 Å². The van der Waals surface area contributed by atoms with Gasteiger partial charge in [0.15, 0.2) is 0 Å². The number of nitrogens with two attached hydrogens (primary N) is 1. The number of aromatic hydroxyl groups is 1. The number of carbonyl (C=O) groups is 2. The molecule has 0 radical (unpaired) electrons. The first-order valence-electron chi connectivity index (χ1n) is 8.31. The van der Waals surface area contributed by atoms with E-state index in [1.165, 1.54) is 6.07 Å². The lowest BCUT2D eigenvalue weighted by Crippen LogP contribution is -2.53. The third-order valence-electron chi connectivity index (χ3n) is 4.66. The molecule has 7 heteroatoms. The Kier molecular flexibility index (Phi) is 5.01. The van der Waals surface area contributed by atoms with E-state index >= 15 is 0 Å². The number of amides is 2. The van der Waals surface area contributed by atoms with Gasteiger partial charge in [0.05, 0.1) is 11.7 Å². The first kappa shape index (κ1) is 16.7. The molecular weight excluding hydrogens is 310 g/mol. The van der Waals surface area contributed by atoms with Crippen LogP contribution < -0.4 is 5.73 Å². The Morgan fingerprint density at radius 2 is 1.79 bits per heavy atom. The molecule has 1 aromatic rings. The average molecular weight is 333 g/mol. The van der Waals surface area contributed by atoms with Crippen molar-refractivity contribution < 1.29 is 19.4 Å². The fourth-order valence-corrected chi connectivity index (χ4v) is 3.22. The zero-order chi connectivity index (χ0) is 17.1. The van der Waals surface area contributed by atoms with Crippen molar-refractivity contribution in [3.8, 4) is 5.75 Å². The van der Waals surface area contributed by atoms with Crippen LogP contribution in [0.4, 0.5) is 0 Å². The summed E-state index contributed by atoms with van der Waals surface area (Å²) in [6, 6.07) is 6.50. The number of benzene rings is 1. The van der Waals surface area contributed by atoms with Gasteiger partial charge in [-0.1, -0.05) is 12.1 Å². The fourth-order valence-electron chi connectivity index (χ4n) is 3.22. The van der Waals surface area contributed by atoms with Gasteiger partial charge in [0.2, 0.25) is 0 Å². The first-order valence-corrected chi connectivity index (χ1v) is 8.31. The maximum absolute atomic E-state index is 12.5. The predicted octanol–water partition coefficient (Wildman–Crippen LogP) is 0.183. The van der Waals surface area contributed by atoms with Gasteiger partial charge in [0, 0.05) is 32.7 Å². The van der Waals surface area contributed by atoms with Crippen LogP contribution in [0.25, 0.3) is 0 Å². The minimum absolute atomic E-state index is 0.0133. The molecule has 2 amide bonds. The van der Waals surface area contributed by atoms with Gasteiger partial charge in [-0.25, -0.2) is 0 Å². The second-order valence-corrected chi connectivity index (χ2v) is 6.19. The van der Waals surface area contributed by atoms with Crippen molar-refractivity contribution in [1.82, 2.24) is 9.80 Å². The van der Waals surface area contributed by atoms with Crippen molar-refractivity contribution >= 4 is 11.8 Å². The van der Waals surface area contributed by atoms with Crippen LogP contribution in [0.5, 0.6) is 5.75 Å². The fraction of sp³-hybridized carbons (Fsp3) is 0.529. The van der Waals surface area contributed by atoms with E-state index in [0.717, 1.165) is 6.42 Å². The number of hydrogen-bond donors (Lipinski definition) is 2. The number of ether oxygens (including phenoxy) is 1. The molecule has 3 rings (SSSR count). The summed E-state index contributed by atoms with van der Waals surface area (Å²) in [4.78, 5) is 28.4. The molecule has 24 heavy (non-hydrogen) atoms. The highest BCUT2D eigenvalue weighted by atomic mass is 16.5. The summed E-state index contributed by atoms with van der Waals surface area (Å²) in [7, 11) is 0. The van der Waals surface area contributed by atoms with Crippen LogP contribution in [0.2, 0.25) is 0 Å². The van der Waals surface area contributed by atoms with Crippen LogP contribution in [-0.4, -0.2) is 71.7 Å². The molecule has 0 bridgehead atoms. The normalized spacial score (nSPS) is 24.2. The first-order chi connectivity index (χ1) is 11.6. The Labute approximate surface area is 141 Å². The lowest BCUT2D eigenvalue weighted by molar-refractivity contribution is -0.144. The summed E-state index contributed by atoms with van der Waals surface area (Å²) >= 11 is 0. The van der Waals surface area contributed by atoms with E-state index in [4.69, 9.17) is 10.5 Å². The molecule has 2 aliphatic rings. The summed E-state index contributed by atoms with van der Waals surface area (Å²) in [6.07, 6.45) is 1.10. The topological polar surface area (TPSA) is 96.1 Å². The van der Waals surface area contributed by atoms with Gasteiger partial charge in [-0.15, -0.1) is 0 Å². The SMILES string of the molecule is NC[C@H]1CC[C@@H](C(=O)N2CCN(C(=O)c3ccccc3O)CC2)O1. The van der Waals surface area contributed by atoms with E-state index in [0.29, 0.717) is 44.7 Å². The zero-order valence-electron chi connectivity index (χ0n) is 13.6. The van der Waals surface area contributed by atoms with Crippen LogP contribution in [0.15, 0.2) is 24.3 Å².